The molecule has 0 aromatic heterocycles. The van der Waals surface area contributed by atoms with Gasteiger partial charge in [0, 0.05) is 12.3 Å². The number of hydrogen-bond acceptors (Lipinski definition) is 3. The third kappa shape index (κ3) is 2.89. The van der Waals surface area contributed by atoms with Gasteiger partial charge in [0.1, 0.15) is 6.10 Å². The molecule has 3 fully saturated rings. The second-order valence-electron chi connectivity index (χ2n) is 9.13. The Morgan fingerprint density at radius 3 is 2.60 bits per heavy atom. The molecule has 0 bridgehead atoms. The number of fused-ring (bicyclic) bond motifs is 4. The minimum absolute atomic E-state index is 0.0226. The molecular formula is C22H34O3. The van der Waals surface area contributed by atoms with E-state index in [-0.39, 0.29) is 17.5 Å². The van der Waals surface area contributed by atoms with Crippen LogP contribution in [-0.4, -0.2) is 23.3 Å². The summed E-state index contributed by atoms with van der Waals surface area (Å²) < 4.78 is 5.79. The van der Waals surface area contributed by atoms with Crippen molar-refractivity contribution in [2.45, 2.75) is 72.0 Å². The number of carbonyl (C=O) groups is 1. The number of aliphatic hydroxyl groups excluding tert-OH is 1. The largest absolute Gasteiger partial charge is 0.462 e. The Labute approximate surface area is 152 Å². The second-order valence-corrected chi connectivity index (χ2v) is 9.13. The van der Waals surface area contributed by atoms with Crippen LogP contribution in [0.4, 0.5) is 0 Å². The van der Waals surface area contributed by atoms with Crippen LogP contribution >= 0.6 is 0 Å². The highest BCUT2D eigenvalue weighted by atomic mass is 16.5. The van der Waals surface area contributed by atoms with Crippen LogP contribution in [0, 0.1) is 35.0 Å². The van der Waals surface area contributed by atoms with Gasteiger partial charge in [-0.1, -0.05) is 44.6 Å². The van der Waals surface area contributed by atoms with E-state index in [0.29, 0.717) is 24.2 Å². The van der Waals surface area contributed by atoms with Crippen molar-refractivity contribution in [1.82, 2.24) is 0 Å². The fourth-order valence-corrected chi connectivity index (χ4v) is 6.43. The molecular weight excluding hydrogens is 312 g/mol. The van der Waals surface area contributed by atoms with E-state index in [1.165, 1.54) is 25.3 Å². The lowest BCUT2D eigenvalue weighted by Crippen LogP contribution is -2.57. The van der Waals surface area contributed by atoms with Crippen molar-refractivity contribution >= 4 is 5.97 Å². The van der Waals surface area contributed by atoms with Crippen molar-refractivity contribution in [3.63, 3.8) is 0 Å². The van der Waals surface area contributed by atoms with E-state index in [0.717, 1.165) is 30.3 Å². The van der Waals surface area contributed by atoms with Gasteiger partial charge in [-0.2, -0.15) is 0 Å². The van der Waals surface area contributed by atoms with Crippen molar-refractivity contribution in [1.29, 1.82) is 0 Å². The van der Waals surface area contributed by atoms with E-state index in [9.17, 15) is 9.90 Å². The van der Waals surface area contributed by atoms with Gasteiger partial charge in [-0.3, -0.25) is 4.79 Å². The van der Waals surface area contributed by atoms with Gasteiger partial charge in [0.15, 0.2) is 0 Å². The molecule has 3 aliphatic carbocycles. The van der Waals surface area contributed by atoms with Gasteiger partial charge in [0.05, 0.1) is 6.10 Å². The minimum Gasteiger partial charge on any atom is -0.462 e. The van der Waals surface area contributed by atoms with Crippen LogP contribution in [0.3, 0.4) is 0 Å². The van der Waals surface area contributed by atoms with Crippen LogP contribution < -0.4 is 0 Å². The molecule has 0 aliphatic heterocycles. The van der Waals surface area contributed by atoms with Crippen LogP contribution in [0.1, 0.15) is 59.8 Å². The number of allylic oxidation sites excluding steroid dienone is 1. The van der Waals surface area contributed by atoms with Crippen LogP contribution in [-0.2, 0) is 9.53 Å². The maximum absolute atomic E-state index is 11.7. The number of rotatable bonds is 6. The van der Waals surface area contributed by atoms with Crippen molar-refractivity contribution in [3.05, 3.63) is 24.3 Å². The van der Waals surface area contributed by atoms with Crippen LogP contribution in [0.25, 0.3) is 0 Å². The normalized spacial score (nSPS) is 42.9. The Hall–Kier alpha value is -1.09. The zero-order valence-corrected chi connectivity index (χ0v) is 16.3. The standard InChI is InChI=1S/C22H34O3/c1-12(2)18(24)10-8-13(3)16-11-19(25-15(5)23)22(6)17-9-7-14(4)20(17)21(16)22/h14,16-21,24H,1,3,7-11H2,2,4-6H3/t14-,16+,17+,18?,19-,20-,21+,22+/m1/s1. The first kappa shape index (κ1) is 18.7. The number of hydrogen-bond donors (Lipinski definition) is 1. The van der Waals surface area contributed by atoms with E-state index in [1.807, 2.05) is 6.92 Å². The lowest BCUT2D eigenvalue weighted by atomic mass is 9.46. The second kappa shape index (κ2) is 6.57. The van der Waals surface area contributed by atoms with Gasteiger partial charge in [0.25, 0.3) is 0 Å². The quantitative estimate of drug-likeness (QED) is 0.568. The SMILES string of the molecule is C=C(C)C(O)CCC(=C)[C@@H]1C[C@@H](OC(C)=O)[C@@]2(C)[C@@H]1[C@@H]1[C@H](C)CC[C@@H]12. The zero-order valence-electron chi connectivity index (χ0n) is 16.3. The number of aliphatic hydroxyl groups is 1. The third-order valence-corrected chi connectivity index (χ3v) is 7.72. The third-order valence-electron chi connectivity index (χ3n) is 7.72. The van der Waals surface area contributed by atoms with Gasteiger partial charge in [-0.05, 0) is 62.2 Å². The lowest BCUT2D eigenvalue weighted by Gasteiger charge is -2.59. The Balaban J connectivity index is 1.76. The highest BCUT2D eigenvalue weighted by molar-refractivity contribution is 5.66. The van der Waals surface area contributed by atoms with Gasteiger partial charge < -0.3 is 9.84 Å². The van der Waals surface area contributed by atoms with Crippen molar-refractivity contribution in [2.75, 3.05) is 0 Å². The maximum Gasteiger partial charge on any atom is 0.302 e. The summed E-state index contributed by atoms with van der Waals surface area (Å²) in [7, 11) is 0. The van der Waals surface area contributed by atoms with Gasteiger partial charge in [-0.25, -0.2) is 0 Å². The van der Waals surface area contributed by atoms with E-state index in [2.05, 4.69) is 27.0 Å². The number of carbonyl (C=O) groups excluding carboxylic acids is 1. The Bertz CT molecular complexity index is 580. The predicted octanol–water partition coefficient (Wildman–Crippen LogP) is 4.51. The molecule has 1 N–H and O–H groups in total. The minimum atomic E-state index is -0.451. The van der Waals surface area contributed by atoms with Crippen LogP contribution in [0.5, 0.6) is 0 Å². The summed E-state index contributed by atoms with van der Waals surface area (Å²) in [6, 6.07) is 0. The smallest absolute Gasteiger partial charge is 0.302 e. The Kier molecular flexibility index (Phi) is 4.91. The Morgan fingerprint density at radius 2 is 2.00 bits per heavy atom. The number of ether oxygens (including phenoxy) is 1. The molecule has 3 aliphatic rings. The molecule has 8 atom stereocenters. The van der Waals surface area contributed by atoms with E-state index in [1.54, 1.807) is 0 Å². The molecule has 0 radical (unpaired) electrons. The van der Waals surface area contributed by atoms with E-state index >= 15 is 0 Å². The highest BCUT2D eigenvalue weighted by Gasteiger charge is 2.71. The maximum atomic E-state index is 11.7. The molecule has 3 heteroatoms. The molecule has 0 saturated heterocycles. The molecule has 3 saturated carbocycles. The summed E-state index contributed by atoms with van der Waals surface area (Å²) in [5.74, 6) is 3.02. The van der Waals surface area contributed by atoms with Gasteiger partial charge >= 0.3 is 5.97 Å². The van der Waals surface area contributed by atoms with Crippen molar-refractivity contribution in [3.8, 4) is 0 Å². The first-order chi connectivity index (χ1) is 11.7. The van der Waals surface area contributed by atoms with Crippen molar-refractivity contribution in [2.24, 2.45) is 35.0 Å². The topological polar surface area (TPSA) is 46.5 Å². The fourth-order valence-electron chi connectivity index (χ4n) is 6.43. The van der Waals surface area contributed by atoms with Gasteiger partial charge in [-0.15, -0.1) is 0 Å². The first-order valence-corrected chi connectivity index (χ1v) is 9.86. The average molecular weight is 347 g/mol. The summed E-state index contributed by atoms with van der Waals surface area (Å²) >= 11 is 0. The molecule has 0 heterocycles. The predicted molar refractivity (Wildman–Crippen MR) is 99.8 cm³/mol. The lowest BCUT2D eigenvalue weighted by molar-refractivity contribution is -0.177. The van der Waals surface area contributed by atoms with Crippen molar-refractivity contribution < 1.29 is 14.6 Å². The monoisotopic (exact) mass is 346 g/mol. The molecule has 0 aromatic carbocycles. The highest BCUT2D eigenvalue weighted by Crippen LogP contribution is 2.73. The fraction of sp³-hybridized carbons (Fsp3) is 0.773. The molecule has 0 aromatic rings. The van der Waals surface area contributed by atoms with E-state index < -0.39 is 6.10 Å². The van der Waals surface area contributed by atoms with Gasteiger partial charge in [0.2, 0.25) is 0 Å². The number of esters is 1. The molecule has 25 heavy (non-hydrogen) atoms. The molecule has 1 unspecified atom stereocenters. The molecule has 3 nitrogen and oxygen atoms in total. The summed E-state index contributed by atoms with van der Waals surface area (Å²) in [5.41, 5.74) is 2.15. The zero-order chi connectivity index (χ0) is 18.5. The summed E-state index contributed by atoms with van der Waals surface area (Å²) in [5, 5.41) is 10.1. The summed E-state index contributed by atoms with van der Waals surface area (Å²) in [4.78, 5) is 11.7. The van der Waals surface area contributed by atoms with Crippen LogP contribution in [0.15, 0.2) is 24.3 Å². The molecule has 140 valence electrons. The Morgan fingerprint density at radius 1 is 1.32 bits per heavy atom. The summed E-state index contributed by atoms with van der Waals surface area (Å²) in [6.45, 7) is 16.4. The first-order valence-electron chi connectivity index (χ1n) is 9.86. The molecule has 3 rings (SSSR count). The molecule has 0 spiro atoms. The molecule has 0 amide bonds. The average Bonchev–Trinajstić information content (AvgIpc) is 2.97. The van der Waals surface area contributed by atoms with E-state index in [4.69, 9.17) is 4.74 Å². The summed E-state index contributed by atoms with van der Waals surface area (Å²) in [6.07, 6.45) is 4.55. The van der Waals surface area contributed by atoms with Crippen LogP contribution in [0.2, 0.25) is 0 Å².